The van der Waals surface area contributed by atoms with Gasteiger partial charge in [0.15, 0.2) is 0 Å². The van der Waals surface area contributed by atoms with Gasteiger partial charge in [-0.3, -0.25) is 0 Å². The Kier molecular flexibility index (Phi) is 6.76. The first kappa shape index (κ1) is 16.9. The molecule has 0 saturated carbocycles. The van der Waals surface area contributed by atoms with E-state index in [0.717, 1.165) is 0 Å². The lowest BCUT2D eigenvalue weighted by Gasteiger charge is -2.09. The SMILES string of the molecule is CC(C)OCCCNS(=O)(=O)c1ccc(Cl)c(Br)c1. The number of benzene rings is 1. The molecule has 0 unspecified atom stereocenters. The summed E-state index contributed by atoms with van der Waals surface area (Å²) in [6, 6.07) is 4.50. The molecule has 0 heterocycles. The van der Waals surface area contributed by atoms with Crippen LogP contribution in [0.15, 0.2) is 27.6 Å². The number of rotatable bonds is 7. The van der Waals surface area contributed by atoms with Crippen molar-refractivity contribution in [3.05, 3.63) is 27.7 Å². The first-order chi connectivity index (χ1) is 8.83. The highest BCUT2D eigenvalue weighted by atomic mass is 79.9. The third-order valence-corrected chi connectivity index (χ3v) is 4.94. The lowest BCUT2D eigenvalue weighted by Crippen LogP contribution is -2.25. The molecular formula is C12H17BrClNO3S. The third kappa shape index (κ3) is 5.79. The fraction of sp³-hybridized carbons (Fsp3) is 0.500. The van der Waals surface area contributed by atoms with Crippen LogP contribution in [0.5, 0.6) is 0 Å². The van der Waals surface area contributed by atoms with Gasteiger partial charge in [-0.2, -0.15) is 0 Å². The van der Waals surface area contributed by atoms with Gasteiger partial charge in [0.2, 0.25) is 10.0 Å². The van der Waals surface area contributed by atoms with Crippen molar-refractivity contribution in [1.82, 2.24) is 4.72 Å². The maximum atomic E-state index is 12.0. The average Bonchev–Trinajstić information content (AvgIpc) is 2.31. The van der Waals surface area contributed by atoms with Crippen LogP contribution in [0.25, 0.3) is 0 Å². The summed E-state index contributed by atoms with van der Waals surface area (Å²) in [7, 11) is -3.49. The van der Waals surface area contributed by atoms with Crippen LogP contribution in [0.4, 0.5) is 0 Å². The first-order valence-corrected chi connectivity index (χ1v) is 8.54. The summed E-state index contributed by atoms with van der Waals surface area (Å²) >= 11 is 9.03. The van der Waals surface area contributed by atoms with Crippen molar-refractivity contribution in [3.8, 4) is 0 Å². The topological polar surface area (TPSA) is 55.4 Å². The fourth-order valence-corrected chi connectivity index (χ4v) is 3.07. The van der Waals surface area contributed by atoms with Crippen LogP contribution < -0.4 is 4.72 Å². The standard InChI is InChI=1S/C12H17BrClNO3S/c1-9(2)18-7-3-6-15-19(16,17)10-4-5-12(14)11(13)8-10/h4-5,8-9,15H,3,6-7H2,1-2H3. The van der Waals surface area contributed by atoms with Gasteiger partial charge < -0.3 is 4.74 Å². The van der Waals surface area contributed by atoms with E-state index in [9.17, 15) is 8.42 Å². The summed E-state index contributed by atoms with van der Waals surface area (Å²) in [5, 5.41) is 0.476. The van der Waals surface area contributed by atoms with Gasteiger partial charge in [-0.05, 0) is 54.4 Å². The molecule has 0 fully saturated rings. The van der Waals surface area contributed by atoms with Crippen LogP contribution in [0.1, 0.15) is 20.3 Å². The van der Waals surface area contributed by atoms with E-state index in [1.54, 1.807) is 6.07 Å². The molecule has 108 valence electrons. The van der Waals surface area contributed by atoms with Gasteiger partial charge in [-0.1, -0.05) is 11.6 Å². The van der Waals surface area contributed by atoms with Crippen LogP contribution in [0.2, 0.25) is 5.02 Å². The minimum absolute atomic E-state index is 0.156. The highest BCUT2D eigenvalue weighted by Gasteiger charge is 2.14. The molecule has 4 nitrogen and oxygen atoms in total. The number of halogens is 2. The van der Waals surface area contributed by atoms with Crippen molar-refractivity contribution >= 4 is 37.6 Å². The molecule has 0 radical (unpaired) electrons. The van der Waals surface area contributed by atoms with E-state index in [1.165, 1.54) is 12.1 Å². The Morgan fingerprint density at radius 1 is 1.42 bits per heavy atom. The molecule has 0 atom stereocenters. The zero-order valence-electron chi connectivity index (χ0n) is 10.8. The molecule has 0 saturated heterocycles. The highest BCUT2D eigenvalue weighted by molar-refractivity contribution is 9.10. The summed E-state index contributed by atoms with van der Waals surface area (Å²) < 4.78 is 32.4. The van der Waals surface area contributed by atoms with Crippen LogP contribution in [-0.4, -0.2) is 27.7 Å². The van der Waals surface area contributed by atoms with Crippen molar-refractivity contribution in [3.63, 3.8) is 0 Å². The van der Waals surface area contributed by atoms with Crippen LogP contribution in [0.3, 0.4) is 0 Å². The molecule has 1 aromatic rings. The normalized spacial score (nSPS) is 12.1. The number of hydrogen-bond donors (Lipinski definition) is 1. The van der Waals surface area contributed by atoms with E-state index in [4.69, 9.17) is 16.3 Å². The summed E-state index contributed by atoms with van der Waals surface area (Å²) in [6.45, 7) is 4.75. The first-order valence-electron chi connectivity index (χ1n) is 5.89. The number of ether oxygens (including phenoxy) is 1. The smallest absolute Gasteiger partial charge is 0.240 e. The molecule has 19 heavy (non-hydrogen) atoms. The van der Waals surface area contributed by atoms with Gasteiger partial charge in [0.25, 0.3) is 0 Å². The maximum Gasteiger partial charge on any atom is 0.240 e. The van der Waals surface area contributed by atoms with E-state index < -0.39 is 10.0 Å². The zero-order chi connectivity index (χ0) is 14.5. The molecule has 0 spiro atoms. The molecule has 0 aromatic heterocycles. The molecule has 0 bridgehead atoms. The molecule has 0 amide bonds. The summed E-state index contributed by atoms with van der Waals surface area (Å²) in [5.74, 6) is 0. The Hall–Kier alpha value is -0.140. The van der Waals surface area contributed by atoms with E-state index in [0.29, 0.717) is 29.1 Å². The Labute approximate surface area is 127 Å². The quantitative estimate of drug-likeness (QED) is 0.750. The van der Waals surface area contributed by atoms with Crippen LogP contribution in [-0.2, 0) is 14.8 Å². The number of nitrogens with one attached hydrogen (secondary N) is 1. The molecular weight excluding hydrogens is 354 g/mol. The van der Waals surface area contributed by atoms with Crippen molar-refractivity contribution in [1.29, 1.82) is 0 Å². The van der Waals surface area contributed by atoms with Gasteiger partial charge in [0.05, 0.1) is 16.0 Å². The van der Waals surface area contributed by atoms with Gasteiger partial charge in [-0.25, -0.2) is 13.1 Å². The Bertz CT molecular complexity index is 520. The molecule has 0 aliphatic carbocycles. The zero-order valence-corrected chi connectivity index (χ0v) is 14.0. The van der Waals surface area contributed by atoms with Crippen LogP contribution >= 0.6 is 27.5 Å². The molecule has 1 aromatic carbocycles. The lowest BCUT2D eigenvalue weighted by atomic mass is 10.4. The second kappa shape index (κ2) is 7.59. The maximum absolute atomic E-state index is 12.0. The molecule has 1 N–H and O–H groups in total. The van der Waals surface area contributed by atoms with E-state index in [1.807, 2.05) is 13.8 Å². The van der Waals surface area contributed by atoms with E-state index in [2.05, 4.69) is 20.7 Å². The van der Waals surface area contributed by atoms with Gasteiger partial charge >= 0.3 is 0 Å². The second-order valence-corrected chi connectivity index (χ2v) is 7.28. The van der Waals surface area contributed by atoms with Crippen molar-refractivity contribution in [2.75, 3.05) is 13.2 Å². The number of hydrogen-bond acceptors (Lipinski definition) is 3. The van der Waals surface area contributed by atoms with Gasteiger partial charge in [-0.15, -0.1) is 0 Å². The Morgan fingerprint density at radius 2 is 2.11 bits per heavy atom. The predicted octanol–water partition coefficient (Wildman–Crippen LogP) is 3.20. The molecule has 7 heteroatoms. The molecule has 1 rings (SSSR count). The monoisotopic (exact) mass is 369 g/mol. The van der Waals surface area contributed by atoms with Crippen molar-refractivity contribution in [2.24, 2.45) is 0 Å². The van der Waals surface area contributed by atoms with Crippen LogP contribution in [0, 0.1) is 0 Å². The summed E-state index contributed by atoms with van der Waals surface area (Å²) in [5.41, 5.74) is 0. The fourth-order valence-electron chi connectivity index (χ4n) is 1.33. The highest BCUT2D eigenvalue weighted by Crippen LogP contribution is 2.25. The van der Waals surface area contributed by atoms with Gasteiger partial charge in [0, 0.05) is 17.6 Å². The summed E-state index contributed by atoms with van der Waals surface area (Å²) in [6.07, 6.45) is 0.787. The largest absolute Gasteiger partial charge is 0.379 e. The van der Waals surface area contributed by atoms with E-state index in [-0.39, 0.29) is 11.0 Å². The summed E-state index contributed by atoms with van der Waals surface area (Å²) in [4.78, 5) is 0.188. The molecule has 0 aliphatic heterocycles. The van der Waals surface area contributed by atoms with Crippen molar-refractivity contribution < 1.29 is 13.2 Å². The Morgan fingerprint density at radius 3 is 2.68 bits per heavy atom. The minimum Gasteiger partial charge on any atom is -0.379 e. The van der Waals surface area contributed by atoms with E-state index >= 15 is 0 Å². The Balaban J connectivity index is 2.54. The van der Waals surface area contributed by atoms with Crippen molar-refractivity contribution in [2.45, 2.75) is 31.3 Å². The molecule has 0 aliphatic rings. The predicted molar refractivity (Wildman–Crippen MR) is 80.0 cm³/mol. The second-order valence-electron chi connectivity index (χ2n) is 4.25. The lowest BCUT2D eigenvalue weighted by molar-refractivity contribution is 0.0778. The average molecular weight is 371 g/mol. The third-order valence-electron chi connectivity index (χ3n) is 2.27. The minimum atomic E-state index is -3.49. The van der Waals surface area contributed by atoms with Gasteiger partial charge in [0.1, 0.15) is 0 Å². The number of sulfonamides is 1.